The van der Waals surface area contributed by atoms with Crippen LogP contribution in [-0.4, -0.2) is 31.4 Å². The summed E-state index contributed by atoms with van der Waals surface area (Å²) in [7, 11) is 3.93. The van der Waals surface area contributed by atoms with E-state index in [0.29, 0.717) is 13.0 Å². The van der Waals surface area contributed by atoms with Gasteiger partial charge in [-0.05, 0) is 49.7 Å². The van der Waals surface area contributed by atoms with Gasteiger partial charge in [0.2, 0.25) is 5.91 Å². The van der Waals surface area contributed by atoms with Crippen LogP contribution in [0.25, 0.3) is 0 Å². The van der Waals surface area contributed by atoms with Gasteiger partial charge in [-0.1, -0.05) is 42.5 Å². The molecule has 1 saturated carbocycles. The van der Waals surface area contributed by atoms with Gasteiger partial charge in [-0.3, -0.25) is 4.79 Å². The number of hydrogen-bond acceptors (Lipinski definition) is 2. The predicted molar refractivity (Wildman–Crippen MR) is 98.2 cm³/mol. The number of carbonyl (C=O) groups is 1. The second-order valence-corrected chi connectivity index (χ2v) is 7.20. The van der Waals surface area contributed by atoms with Crippen LogP contribution in [0.1, 0.15) is 35.1 Å². The van der Waals surface area contributed by atoms with Gasteiger partial charge in [0.05, 0.1) is 11.6 Å². The monoisotopic (exact) mass is 376 g/mol. The SMILES string of the molecule is CN(C)C(CNC(=O)C1CC1c1ccc(C(F)(F)F)cc1)c1ccccc1. The van der Waals surface area contributed by atoms with Gasteiger partial charge in [0.25, 0.3) is 0 Å². The zero-order valence-electron chi connectivity index (χ0n) is 15.3. The van der Waals surface area contributed by atoms with Crippen LogP contribution in [0.3, 0.4) is 0 Å². The van der Waals surface area contributed by atoms with Gasteiger partial charge in [0, 0.05) is 12.5 Å². The van der Waals surface area contributed by atoms with E-state index in [1.165, 1.54) is 12.1 Å². The summed E-state index contributed by atoms with van der Waals surface area (Å²) in [5, 5.41) is 3.00. The third kappa shape index (κ3) is 4.69. The Balaban J connectivity index is 1.57. The number of carbonyl (C=O) groups excluding carboxylic acids is 1. The number of amides is 1. The van der Waals surface area contributed by atoms with E-state index in [-0.39, 0.29) is 23.8 Å². The highest BCUT2D eigenvalue weighted by Gasteiger charge is 2.44. The Hall–Kier alpha value is -2.34. The van der Waals surface area contributed by atoms with E-state index in [0.717, 1.165) is 23.3 Å². The number of benzene rings is 2. The van der Waals surface area contributed by atoms with Crippen molar-refractivity contribution in [1.82, 2.24) is 10.2 Å². The fourth-order valence-corrected chi connectivity index (χ4v) is 3.37. The number of alkyl halides is 3. The minimum Gasteiger partial charge on any atom is -0.354 e. The first-order chi connectivity index (χ1) is 12.8. The van der Waals surface area contributed by atoms with E-state index < -0.39 is 11.7 Å². The highest BCUT2D eigenvalue weighted by atomic mass is 19.4. The van der Waals surface area contributed by atoms with Gasteiger partial charge in [-0.15, -0.1) is 0 Å². The van der Waals surface area contributed by atoms with Crippen molar-refractivity contribution in [1.29, 1.82) is 0 Å². The van der Waals surface area contributed by atoms with Crippen LogP contribution in [0, 0.1) is 5.92 Å². The molecule has 0 spiro atoms. The molecule has 3 rings (SSSR count). The van der Waals surface area contributed by atoms with E-state index in [4.69, 9.17) is 0 Å². The molecule has 0 saturated heterocycles. The zero-order valence-corrected chi connectivity index (χ0v) is 15.3. The lowest BCUT2D eigenvalue weighted by atomic mass is 10.1. The molecule has 1 amide bonds. The quantitative estimate of drug-likeness (QED) is 0.818. The molecule has 0 heterocycles. The Labute approximate surface area is 157 Å². The molecule has 1 N–H and O–H groups in total. The van der Waals surface area contributed by atoms with Gasteiger partial charge in [-0.2, -0.15) is 13.2 Å². The maximum absolute atomic E-state index is 12.7. The number of hydrogen-bond donors (Lipinski definition) is 1. The van der Waals surface area contributed by atoms with Gasteiger partial charge < -0.3 is 10.2 Å². The molecule has 2 aromatic rings. The Morgan fingerprint density at radius 1 is 1.11 bits per heavy atom. The highest BCUT2D eigenvalue weighted by Crippen LogP contribution is 2.48. The second kappa shape index (κ2) is 7.72. The molecule has 1 aliphatic rings. The molecule has 1 fully saturated rings. The standard InChI is InChI=1S/C21H23F3N2O/c1-26(2)19(15-6-4-3-5-7-15)13-25-20(27)18-12-17(18)14-8-10-16(11-9-14)21(22,23)24/h3-11,17-19H,12-13H2,1-2H3,(H,25,27). The van der Waals surface area contributed by atoms with Gasteiger partial charge >= 0.3 is 6.18 Å². The fourth-order valence-electron chi connectivity index (χ4n) is 3.37. The van der Waals surface area contributed by atoms with E-state index in [2.05, 4.69) is 10.2 Å². The third-order valence-electron chi connectivity index (χ3n) is 5.07. The summed E-state index contributed by atoms with van der Waals surface area (Å²) in [6.45, 7) is 0.492. The molecule has 3 unspecified atom stereocenters. The second-order valence-electron chi connectivity index (χ2n) is 7.20. The fraction of sp³-hybridized carbons (Fsp3) is 0.381. The molecule has 0 aromatic heterocycles. The predicted octanol–water partition coefficient (Wildman–Crippen LogP) is 4.23. The Morgan fingerprint density at radius 2 is 1.74 bits per heavy atom. The molecule has 0 radical (unpaired) electrons. The molecule has 2 aromatic carbocycles. The first kappa shape index (κ1) is 19.4. The van der Waals surface area contributed by atoms with E-state index in [9.17, 15) is 18.0 Å². The van der Waals surface area contributed by atoms with Crippen LogP contribution >= 0.6 is 0 Å². The van der Waals surface area contributed by atoms with Crippen LogP contribution in [-0.2, 0) is 11.0 Å². The van der Waals surface area contributed by atoms with Crippen molar-refractivity contribution < 1.29 is 18.0 Å². The van der Waals surface area contributed by atoms with Crippen molar-refractivity contribution in [2.24, 2.45) is 5.92 Å². The lowest BCUT2D eigenvalue weighted by molar-refractivity contribution is -0.137. The van der Waals surface area contributed by atoms with Crippen LogP contribution in [0.15, 0.2) is 54.6 Å². The highest BCUT2D eigenvalue weighted by molar-refractivity contribution is 5.82. The molecule has 144 valence electrons. The van der Waals surface area contributed by atoms with Crippen molar-refractivity contribution in [2.45, 2.75) is 24.6 Å². The van der Waals surface area contributed by atoms with E-state index in [1.807, 2.05) is 44.4 Å². The van der Waals surface area contributed by atoms with Crippen molar-refractivity contribution in [2.75, 3.05) is 20.6 Å². The number of rotatable bonds is 6. The van der Waals surface area contributed by atoms with Crippen molar-refractivity contribution in [3.05, 3.63) is 71.3 Å². The van der Waals surface area contributed by atoms with Crippen molar-refractivity contribution in [3.63, 3.8) is 0 Å². The number of nitrogens with one attached hydrogen (secondary N) is 1. The van der Waals surface area contributed by atoms with Gasteiger partial charge in [0.1, 0.15) is 0 Å². The van der Waals surface area contributed by atoms with Gasteiger partial charge in [-0.25, -0.2) is 0 Å². The minimum absolute atomic E-state index is 0.00168. The summed E-state index contributed by atoms with van der Waals surface area (Å²) in [5.41, 5.74) is 1.25. The molecule has 3 atom stereocenters. The molecule has 3 nitrogen and oxygen atoms in total. The summed E-state index contributed by atoms with van der Waals surface area (Å²) in [6, 6.07) is 15.1. The van der Waals surface area contributed by atoms with Gasteiger partial charge in [0.15, 0.2) is 0 Å². The number of halogens is 3. The molecule has 0 bridgehead atoms. The lowest BCUT2D eigenvalue weighted by Gasteiger charge is -2.25. The zero-order chi connectivity index (χ0) is 19.6. The van der Waals surface area contributed by atoms with Crippen molar-refractivity contribution in [3.8, 4) is 0 Å². The first-order valence-electron chi connectivity index (χ1n) is 8.93. The maximum Gasteiger partial charge on any atom is 0.416 e. The largest absolute Gasteiger partial charge is 0.416 e. The van der Waals surface area contributed by atoms with E-state index in [1.54, 1.807) is 0 Å². The number of nitrogens with zero attached hydrogens (tertiary/aromatic N) is 1. The summed E-state index contributed by atoms with van der Waals surface area (Å²) in [5.74, 6) is -0.204. The minimum atomic E-state index is -4.34. The average Bonchev–Trinajstić information content (AvgIpc) is 3.42. The van der Waals surface area contributed by atoms with Crippen LogP contribution < -0.4 is 5.32 Å². The topological polar surface area (TPSA) is 32.3 Å². The Bertz CT molecular complexity index is 772. The Morgan fingerprint density at radius 3 is 2.30 bits per heavy atom. The third-order valence-corrected chi connectivity index (χ3v) is 5.07. The average molecular weight is 376 g/mol. The number of likely N-dealkylation sites (N-methyl/N-ethyl adjacent to an activating group) is 1. The summed E-state index contributed by atoms with van der Waals surface area (Å²) in [6.07, 6.45) is -3.66. The summed E-state index contributed by atoms with van der Waals surface area (Å²) >= 11 is 0. The smallest absolute Gasteiger partial charge is 0.354 e. The molecule has 6 heteroatoms. The van der Waals surface area contributed by atoms with Crippen LogP contribution in [0.2, 0.25) is 0 Å². The maximum atomic E-state index is 12.7. The molecular formula is C21H23F3N2O. The lowest BCUT2D eigenvalue weighted by Crippen LogP contribution is -2.35. The van der Waals surface area contributed by atoms with Crippen LogP contribution in [0.4, 0.5) is 13.2 Å². The molecule has 27 heavy (non-hydrogen) atoms. The molecule has 0 aliphatic heterocycles. The first-order valence-corrected chi connectivity index (χ1v) is 8.93. The summed E-state index contributed by atoms with van der Waals surface area (Å²) < 4.78 is 38.0. The Kier molecular flexibility index (Phi) is 5.56. The van der Waals surface area contributed by atoms with Crippen molar-refractivity contribution >= 4 is 5.91 Å². The van der Waals surface area contributed by atoms with Crippen LogP contribution in [0.5, 0.6) is 0 Å². The molecular weight excluding hydrogens is 353 g/mol. The summed E-state index contributed by atoms with van der Waals surface area (Å²) in [4.78, 5) is 14.5. The molecule has 1 aliphatic carbocycles. The normalized spacial score (nSPS) is 20.4. The van der Waals surface area contributed by atoms with E-state index >= 15 is 0 Å².